The fraction of sp³-hybridized carbons (Fsp3) is 0.391. The minimum Gasteiger partial charge on any atom is -0.346 e. The molecule has 7 heteroatoms. The summed E-state index contributed by atoms with van der Waals surface area (Å²) < 4.78 is 30.0. The van der Waals surface area contributed by atoms with Gasteiger partial charge in [0.15, 0.2) is 0 Å². The van der Waals surface area contributed by atoms with Crippen LogP contribution in [0.25, 0.3) is 22.0 Å². The number of halogens is 1. The van der Waals surface area contributed by atoms with Gasteiger partial charge in [-0.15, -0.1) is 0 Å². The predicted molar refractivity (Wildman–Crippen MR) is 126 cm³/mol. The lowest BCUT2D eigenvalue weighted by Crippen LogP contribution is -2.37. The number of aromatic nitrogens is 1. The second-order valence-electron chi connectivity index (χ2n) is 8.98. The van der Waals surface area contributed by atoms with E-state index in [1.54, 1.807) is 0 Å². The van der Waals surface area contributed by atoms with Gasteiger partial charge in [0.1, 0.15) is 0 Å². The second-order valence-corrected chi connectivity index (χ2v) is 11.4. The number of benzene rings is 2. The third-order valence-corrected chi connectivity index (χ3v) is 6.85. The van der Waals surface area contributed by atoms with Gasteiger partial charge in [-0.3, -0.25) is 0 Å². The summed E-state index contributed by atoms with van der Waals surface area (Å²) in [5, 5.41) is 1.91. The average Bonchev–Trinajstić information content (AvgIpc) is 2.97. The van der Waals surface area contributed by atoms with Crippen molar-refractivity contribution in [3.63, 3.8) is 0 Å². The number of fused-ring (bicyclic) bond motifs is 1. The molecular formula is C23H30ClN3O2S. The van der Waals surface area contributed by atoms with E-state index in [0.29, 0.717) is 13.1 Å². The highest BCUT2D eigenvalue weighted by molar-refractivity contribution is 7.87. The molecule has 0 unspecified atom stereocenters. The summed E-state index contributed by atoms with van der Waals surface area (Å²) in [4.78, 5) is 0. The molecule has 30 heavy (non-hydrogen) atoms. The molecule has 0 saturated carbocycles. The van der Waals surface area contributed by atoms with Gasteiger partial charge in [0.25, 0.3) is 10.2 Å². The van der Waals surface area contributed by atoms with Crippen LogP contribution < -0.4 is 4.72 Å². The van der Waals surface area contributed by atoms with Gasteiger partial charge >= 0.3 is 0 Å². The van der Waals surface area contributed by atoms with Crippen LogP contribution in [-0.2, 0) is 23.2 Å². The average molecular weight is 448 g/mol. The van der Waals surface area contributed by atoms with Crippen LogP contribution in [0.4, 0.5) is 0 Å². The van der Waals surface area contributed by atoms with Crippen LogP contribution in [0.2, 0.25) is 5.02 Å². The Bertz CT molecular complexity index is 1140. The molecule has 0 aliphatic heterocycles. The molecule has 0 atom stereocenters. The van der Waals surface area contributed by atoms with E-state index in [9.17, 15) is 8.42 Å². The molecule has 0 bridgehead atoms. The van der Waals surface area contributed by atoms with Gasteiger partial charge in [-0.2, -0.15) is 12.7 Å². The molecule has 0 aliphatic carbocycles. The Morgan fingerprint density at radius 1 is 1.10 bits per heavy atom. The summed E-state index contributed by atoms with van der Waals surface area (Å²) in [6, 6.07) is 14.2. The molecule has 1 heterocycles. The van der Waals surface area contributed by atoms with Gasteiger partial charge in [-0.25, -0.2) is 4.72 Å². The van der Waals surface area contributed by atoms with E-state index in [1.807, 2.05) is 24.3 Å². The molecule has 0 radical (unpaired) electrons. The molecule has 1 N–H and O–H groups in total. The fourth-order valence-corrected chi connectivity index (χ4v) is 4.41. The van der Waals surface area contributed by atoms with Crippen molar-refractivity contribution in [1.82, 2.24) is 13.6 Å². The predicted octanol–water partition coefficient (Wildman–Crippen LogP) is 4.95. The van der Waals surface area contributed by atoms with Crippen molar-refractivity contribution in [2.45, 2.75) is 33.7 Å². The molecule has 0 saturated heterocycles. The van der Waals surface area contributed by atoms with Gasteiger partial charge in [0.05, 0.1) is 0 Å². The van der Waals surface area contributed by atoms with E-state index in [2.05, 4.69) is 54.5 Å². The van der Waals surface area contributed by atoms with Gasteiger partial charge in [-0.1, -0.05) is 56.6 Å². The standard InChI is InChI=1S/C23H30ClN3O2S/c1-23(2,3)15-18-16-27(13-12-25-30(28,29)26(4)5)22-11-10-17(14-20(18)22)19-8-6-7-9-21(19)24/h6-11,14,16,25H,12-13,15H2,1-5H3. The van der Waals surface area contributed by atoms with Crippen LogP contribution in [0.15, 0.2) is 48.7 Å². The Morgan fingerprint density at radius 2 is 1.80 bits per heavy atom. The zero-order valence-corrected chi connectivity index (χ0v) is 19.8. The van der Waals surface area contributed by atoms with E-state index >= 15 is 0 Å². The molecule has 3 rings (SSSR count). The molecule has 5 nitrogen and oxygen atoms in total. The van der Waals surface area contributed by atoms with Crippen molar-refractivity contribution in [2.24, 2.45) is 5.41 Å². The minimum atomic E-state index is -3.44. The fourth-order valence-electron chi connectivity index (χ4n) is 3.56. The summed E-state index contributed by atoms with van der Waals surface area (Å²) in [7, 11) is -0.398. The Morgan fingerprint density at radius 3 is 2.43 bits per heavy atom. The third-order valence-electron chi connectivity index (χ3n) is 4.99. The lowest BCUT2D eigenvalue weighted by molar-refractivity contribution is 0.412. The Balaban J connectivity index is 1.99. The van der Waals surface area contributed by atoms with Crippen molar-refractivity contribution in [2.75, 3.05) is 20.6 Å². The van der Waals surface area contributed by atoms with Crippen LogP contribution in [0.5, 0.6) is 0 Å². The number of hydrogen-bond acceptors (Lipinski definition) is 2. The first-order chi connectivity index (χ1) is 14.0. The Labute approximate surface area is 184 Å². The summed E-state index contributed by atoms with van der Waals surface area (Å²) in [6.45, 7) is 7.54. The normalized spacial score (nSPS) is 12.8. The largest absolute Gasteiger partial charge is 0.346 e. The van der Waals surface area contributed by atoms with Crippen LogP contribution in [-0.4, -0.2) is 37.9 Å². The molecular weight excluding hydrogens is 418 g/mol. The van der Waals surface area contributed by atoms with E-state index in [0.717, 1.165) is 28.1 Å². The summed E-state index contributed by atoms with van der Waals surface area (Å²) in [5.74, 6) is 0. The van der Waals surface area contributed by atoms with Crippen molar-refractivity contribution in [3.05, 3.63) is 59.2 Å². The van der Waals surface area contributed by atoms with Crippen LogP contribution >= 0.6 is 11.6 Å². The zero-order chi connectivity index (χ0) is 22.1. The number of nitrogens with one attached hydrogen (secondary N) is 1. The molecule has 1 aromatic heterocycles. The maximum absolute atomic E-state index is 12.0. The molecule has 0 spiro atoms. The van der Waals surface area contributed by atoms with Gasteiger partial charge in [-0.05, 0) is 41.2 Å². The zero-order valence-electron chi connectivity index (χ0n) is 18.2. The quantitative estimate of drug-likeness (QED) is 0.557. The monoisotopic (exact) mass is 447 g/mol. The van der Waals surface area contributed by atoms with Crippen molar-refractivity contribution in [1.29, 1.82) is 0 Å². The Hall–Kier alpha value is -1.86. The van der Waals surface area contributed by atoms with E-state index in [-0.39, 0.29) is 5.41 Å². The van der Waals surface area contributed by atoms with Crippen LogP contribution in [0.3, 0.4) is 0 Å². The van der Waals surface area contributed by atoms with E-state index < -0.39 is 10.2 Å². The molecule has 0 fully saturated rings. The van der Waals surface area contributed by atoms with Gasteiger partial charge in [0, 0.05) is 54.9 Å². The van der Waals surface area contributed by atoms with Crippen LogP contribution in [0, 0.1) is 5.41 Å². The first-order valence-corrected chi connectivity index (χ1v) is 11.8. The second kappa shape index (κ2) is 8.71. The van der Waals surface area contributed by atoms with Gasteiger partial charge in [0.2, 0.25) is 0 Å². The molecule has 162 valence electrons. The highest BCUT2D eigenvalue weighted by atomic mass is 35.5. The number of nitrogens with zero attached hydrogens (tertiary/aromatic N) is 2. The maximum atomic E-state index is 12.0. The molecule has 0 amide bonds. The lowest BCUT2D eigenvalue weighted by Gasteiger charge is -2.17. The number of rotatable bonds is 7. The van der Waals surface area contributed by atoms with Crippen LogP contribution in [0.1, 0.15) is 26.3 Å². The third kappa shape index (κ3) is 5.24. The lowest BCUT2D eigenvalue weighted by atomic mass is 9.88. The highest BCUT2D eigenvalue weighted by Gasteiger charge is 2.18. The van der Waals surface area contributed by atoms with E-state index in [4.69, 9.17) is 11.6 Å². The first-order valence-electron chi connectivity index (χ1n) is 10.0. The van der Waals surface area contributed by atoms with Crippen molar-refractivity contribution >= 4 is 32.7 Å². The maximum Gasteiger partial charge on any atom is 0.278 e. The molecule has 3 aromatic rings. The SMILES string of the molecule is CN(C)S(=O)(=O)NCCn1cc(CC(C)(C)C)c2cc(-c3ccccc3Cl)ccc21. The summed E-state index contributed by atoms with van der Waals surface area (Å²) in [5.41, 5.74) is 4.56. The van der Waals surface area contributed by atoms with Crippen molar-refractivity contribution < 1.29 is 8.42 Å². The smallest absolute Gasteiger partial charge is 0.278 e. The first kappa shape index (κ1) is 22.8. The number of hydrogen-bond donors (Lipinski definition) is 1. The Kier molecular flexibility index (Phi) is 6.63. The van der Waals surface area contributed by atoms with E-state index in [1.165, 1.54) is 29.4 Å². The van der Waals surface area contributed by atoms with Gasteiger partial charge < -0.3 is 4.57 Å². The molecule has 2 aromatic carbocycles. The van der Waals surface area contributed by atoms with Crippen molar-refractivity contribution in [3.8, 4) is 11.1 Å². The summed E-state index contributed by atoms with van der Waals surface area (Å²) >= 11 is 6.42. The highest BCUT2D eigenvalue weighted by Crippen LogP contribution is 2.34. The molecule has 0 aliphatic rings. The minimum absolute atomic E-state index is 0.131. The topological polar surface area (TPSA) is 54.3 Å². The summed E-state index contributed by atoms with van der Waals surface area (Å²) in [6.07, 6.45) is 3.07.